The van der Waals surface area contributed by atoms with Crippen LogP contribution in [0.3, 0.4) is 0 Å². The molecule has 0 amide bonds. The van der Waals surface area contributed by atoms with Crippen LogP contribution in [0.2, 0.25) is 29.6 Å². The molecule has 0 saturated carbocycles. The van der Waals surface area contributed by atoms with Crippen molar-refractivity contribution in [3.05, 3.63) is 29.1 Å². The molecule has 0 aliphatic carbocycles. The van der Waals surface area contributed by atoms with Gasteiger partial charge in [-0.2, -0.15) is 0 Å². The number of hydrogen-bond acceptors (Lipinski definition) is 1. The van der Waals surface area contributed by atoms with Crippen molar-refractivity contribution in [1.82, 2.24) is 0 Å². The normalized spacial score (nSPS) is 12.8. The molecule has 0 atom stereocenters. The fourth-order valence-electron chi connectivity index (χ4n) is 2.47. The average Bonchev–Trinajstić information content (AvgIpc) is 2.26. The number of benzene rings is 1. The molecule has 0 spiro atoms. The van der Waals surface area contributed by atoms with Gasteiger partial charge in [-0.1, -0.05) is 0 Å². The van der Waals surface area contributed by atoms with Crippen molar-refractivity contribution >= 4 is 43.0 Å². The van der Waals surface area contributed by atoms with Gasteiger partial charge in [0, 0.05) is 0 Å². The van der Waals surface area contributed by atoms with Crippen LogP contribution in [0, 0.1) is 29.1 Å². The van der Waals surface area contributed by atoms with Crippen molar-refractivity contribution < 1.29 is 22.0 Å². The van der Waals surface area contributed by atoms with Crippen molar-refractivity contribution in [3.8, 4) is 0 Å². The monoisotopic (exact) mass is 511 g/mol. The van der Waals surface area contributed by atoms with Crippen LogP contribution < -0.4 is 1.34 Å². The standard InChI is InChI=1S/C6F5N.6CH3.2Sn/c7-1-2(8)4(10)6(12)5(11)3(1)9;;;;;;;;/h;6*1H3;;. The summed E-state index contributed by atoms with van der Waals surface area (Å²) in [7, 11) is 0. The van der Waals surface area contributed by atoms with Crippen LogP contribution in [0.15, 0.2) is 0 Å². The van der Waals surface area contributed by atoms with Gasteiger partial charge in [0.05, 0.1) is 0 Å². The van der Waals surface area contributed by atoms with Gasteiger partial charge in [-0.25, -0.2) is 0 Å². The van der Waals surface area contributed by atoms with Gasteiger partial charge in [0.2, 0.25) is 0 Å². The maximum absolute atomic E-state index is 14.0. The molecular formula is C12H18F5NSn2. The van der Waals surface area contributed by atoms with Gasteiger partial charge in [-0.05, 0) is 0 Å². The van der Waals surface area contributed by atoms with E-state index in [9.17, 15) is 22.0 Å². The number of hydrogen-bond donors (Lipinski definition) is 0. The number of rotatable bonds is 3. The van der Waals surface area contributed by atoms with Crippen LogP contribution >= 0.6 is 0 Å². The summed E-state index contributed by atoms with van der Waals surface area (Å²) >= 11 is -6.19. The van der Waals surface area contributed by atoms with Crippen molar-refractivity contribution in [3.63, 3.8) is 0 Å². The molecule has 1 rings (SSSR count). The zero-order valence-corrected chi connectivity index (χ0v) is 18.0. The van der Waals surface area contributed by atoms with E-state index in [1.807, 2.05) is 29.6 Å². The molecule has 1 aromatic rings. The molecule has 114 valence electrons. The third-order valence-electron chi connectivity index (χ3n) is 2.75. The quantitative estimate of drug-likeness (QED) is 0.244. The van der Waals surface area contributed by atoms with Crippen LogP contribution in [0.4, 0.5) is 27.6 Å². The predicted octanol–water partition coefficient (Wildman–Crippen LogP) is 4.86. The summed E-state index contributed by atoms with van der Waals surface area (Å²) in [6.07, 6.45) is 0. The first-order valence-corrected chi connectivity index (χ1v) is 25.8. The summed E-state index contributed by atoms with van der Waals surface area (Å²) in [5, 5.41) is 0. The third-order valence-corrected chi connectivity index (χ3v) is 37.4. The second kappa shape index (κ2) is 5.81. The molecule has 0 saturated heterocycles. The summed E-state index contributed by atoms with van der Waals surface area (Å²) in [5.41, 5.74) is -0.715. The molecule has 0 unspecified atom stereocenters. The Kier molecular flexibility index (Phi) is 5.32. The van der Waals surface area contributed by atoms with Crippen LogP contribution in [-0.2, 0) is 0 Å². The Labute approximate surface area is 124 Å². The fourth-order valence-corrected chi connectivity index (χ4v) is 51.7. The zero-order valence-electron chi connectivity index (χ0n) is 12.3. The van der Waals surface area contributed by atoms with Crippen LogP contribution in [0.25, 0.3) is 0 Å². The maximum atomic E-state index is 14.0. The van der Waals surface area contributed by atoms with Crippen LogP contribution in [0.1, 0.15) is 0 Å². The molecule has 0 radical (unpaired) electrons. The molecule has 0 bridgehead atoms. The van der Waals surface area contributed by atoms with Crippen molar-refractivity contribution in [2.45, 2.75) is 29.6 Å². The van der Waals surface area contributed by atoms with Crippen molar-refractivity contribution in [2.24, 2.45) is 0 Å². The Hall–Kier alpha value is 0.267. The van der Waals surface area contributed by atoms with E-state index >= 15 is 0 Å². The van der Waals surface area contributed by atoms with Crippen LogP contribution in [-0.4, -0.2) is 37.3 Å². The van der Waals surface area contributed by atoms with E-state index in [-0.39, 0.29) is 0 Å². The third kappa shape index (κ3) is 3.36. The summed E-state index contributed by atoms with van der Waals surface area (Å²) in [4.78, 5) is 11.4. The molecule has 1 nitrogen and oxygen atoms in total. The minimum absolute atomic E-state index is 0.715. The Morgan fingerprint density at radius 1 is 0.550 bits per heavy atom. The van der Waals surface area contributed by atoms with E-state index in [4.69, 9.17) is 0 Å². The van der Waals surface area contributed by atoms with E-state index in [0.717, 1.165) is 0 Å². The number of halogens is 5. The molecule has 0 fully saturated rings. The van der Waals surface area contributed by atoms with Gasteiger partial charge in [0.15, 0.2) is 0 Å². The second-order valence-corrected chi connectivity index (χ2v) is 37.6. The first-order valence-electron chi connectivity index (χ1n) is 6.12. The SMILES string of the molecule is [CH3][Sn]([CH3])([CH3])[N](c1c(F)c(F)c(F)c(F)c1F)[Sn]([CH3])([CH3])[CH3]. The molecule has 0 aliphatic rings. The number of anilines is 1. The first kappa shape index (κ1) is 18.3. The molecular weight excluding hydrogens is 491 g/mol. The average molecular weight is 509 g/mol. The summed E-state index contributed by atoms with van der Waals surface area (Å²) < 4.78 is 69.6. The van der Waals surface area contributed by atoms with Crippen molar-refractivity contribution in [1.29, 1.82) is 0 Å². The Morgan fingerprint density at radius 2 is 0.800 bits per heavy atom. The molecule has 1 aromatic carbocycles. The minimum atomic E-state index is -3.09. The molecule has 0 aromatic heterocycles. The first-order chi connectivity index (χ1) is 8.80. The Morgan fingerprint density at radius 3 is 1.05 bits per heavy atom. The van der Waals surface area contributed by atoms with E-state index < -0.39 is 72.1 Å². The van der Waals surface area contributed by atoms with Crippen molar-refractivity contribution in [2.75, 3.05) is 1.34 Å². The Bertz CT molecular complexity index is 491. The number of nitrogens with zero attached hydrogens (tertiary/aromatic N) is 1. The molecule has 0 aliphatic heterocycles. The topological polar surface area (TPSA) is 3.24 Å². The van der Waals surface area contributed by atoms with Gasteiger partial charge >= 0.3 is 125 Å². The van der Waals surface area contributed by atoms with Crippen LogP contribution in [0.5, 0.6) is 0 Å². The molecule has 0 N–H and O–H groups in total. The predicted molar refractivity (Wildman–Crippen MR) is 75.4 cm³/mol. The molecule has 20 heavy (non-hydrogen) atoms. The van der Waals surface area contributed by atoms with E-state index in [1.165, 1.54) is 0 Å². The van der Waals surface area contributed by atoms with Gasteiger partial charge in [-0.3, -0.25) is 0 Å². The Balaban J connectivity index is 3.76. The summed E-state index contributed by atoms with van der Waals surface area (Å²) in [5.74, 6) is -9.25. The van der Waals surface area contributed by atoms with Gasteiger partial charge < -0.3 is 0 Å². The van der Waals surface area contributed by atoms with E-state index in [2.05, 4.69) is 0 Å². The van der Waals surface area contributed by atoms with Gasteiger partial charge in [-0.15, -0.1) is 0 Å². The van der Waals surface area contributed by atoms with E-state index in [0.29, 0.717) is 0 Å². The second-order valence-electron chi connectivity index (χ2n) is 6.60. The van der Waals surface area contributed by atoms with Gasteiger partial charge in [0.25, 0.3) is 0 Å². The zero-order chi connectivity index (χ0) is 16.0. The molecule has 8 heteroatoms. The van der Waals surface area contributed by atoms with E-state index in [1.54, 1.807) is 1.34 Å². The summed E-state index contributed by atoms with van der Waals surface area (Å²) in [6.45, 7) is 0. The van der Waals surface area contributed by atoms with Gasteiger partial charge in [0.1, 0.15) is 0 Å². The summed E-state index contributed by atoms with van der Waals surface area (Å²) in [6, 6.07) is 0. The molecule has 0 heterocycles. The fraction of sp³-hybridized carbons (Fsp3) is 0.500.